The Morgan fingerprint density at radius 3 is 2.59 bits per heavy atom. The van der Waals surface area contributed by atoms with E-state index in [4.69, 9.17) is 4.99 Å². The molecule has 2 aromatic heterocycles. The third-order valence-corrected chi connectivity index (χ3v) is 5.40. The van der Waals surface area contributed by atoms with Gasteiger partial charge in [0.1, 0.15) is 0 Å². The van der Waals surface area contributed by atoms with E-state index in [9.17, 15) is 0 Å². The fourth-order valence-electron chi connectivity index (χ4n) is 3.10. The number of hydrogen-bond acceptors (Lipinski definition) is 7. The number of nitrogens with zero attached hydrogens (tertiary/aromatic N) is 6. The summed E-state index contributed by atoms with van der Waals surface area (Å²) in [5, 5.41) is 9.97. The number of halogens is 1. The van der Waals surface area contributed by atoms with Gasteiger partial charge in [0.15, 0.2) is 5.96 Å². The average Bonchev–Trinajstić information content (AvgIpc) is 3.14. The van der Waals surface area contributed by atoms with Gasteiger partial charge < -0.3 is 15.5 Å². The van der Waals surface area contributed by atoms with Gasteiger partial charge in [-0.05, 0) is 19.9 Å². The summed E-state index contributed by atoms with van der Waals surface area (Å²) in [4.78, 5) is 22.6. The largest absolute Gasteiger partial charge is 0.357 e. The summed E-state index contributed by atoms with van der Waals surface area (Å²) in [7, 11) is 0. The second-order valence-corrected chi connectivity index (χ2v) is 7.74. The first-order chi connectivity index (χ1) is 13.7. The minimum absolute atomic E-state index is 0. The van der Waals surface area contributed by atoms with Crippen LogP contribution in [-0.4, -0.2) is 78.2 Å². The zero-order valence-corrected chi connectivity index (χ0v) is 20.3. The van der Waals surface area contributed by atoms with Crippen molar-refractivity contribution in [3.63, 3.8) is 0 Å². The van der Waals surface area contributed by atoms with Gasteiger partial charge in [-0.3, -0.25) is 9.89 Å². The molecule has 2 N–H and O–H groups in total. The summed E-state index contributed by atoms with van der Waals surface area (Å²) in [6.45, 7) is 11.5. The average molecular weight is 530 g/mol. The van der Waals surface area contributed by atoms with Crippen LogP contribution in [0.3, 0.4) is 0 Å². The predicted octanol–water partition coefficient (Wildman–Crippen LogP) is 1.78. The number of thiazole rings is 1. The number of aromatic nitrogens is 3. The topological polar surface area (TPSA) is 81.6 Å². The van der Waals surface area contributed by atoms with Crippen molar-refractivity contribution in [3.05, 3.63) is 34.5 Å². The first-order valence-electron chi connectivity index (χ1n) is 9.92. The molecule has 8 nitrogen and oxygen atoms in total. The van der Waals surface area contributed by atoms with Crippen molar-refractivity contribution >= 4 is 47.2 Å². The summed E-state index contributed by atoms with van der Waals surface area (Å²) < 4.78 is 0. The maximum Gasteiger partial charge on any atom is 0.225 e. The molecule has 29 heavy (non-hydrogen) atoms. The summed E-state index contributed by atoms with van der Waals surface area (Å²) in [5.74, 6) is 1.71. The number of aliphatic imine (C=N–C) groups is 1. The van der Waals surface area contributed by atoms with Gasteiger partial charge in [-0.1, -0.05) is 0 Å². The first-order valence-corrected chi connectivity index (χ1v) is 10.8. The van der Waals surface area contributed by atoms with E-state index < -0.39 is 0 Å². The Morgan fingerprint density at radius 2 is 1.93 bits per heavy atom. The molecule has 1 saturated heterocycles. The lowest BCUT2D eigenvalue weighted by atomic mass is 10.3. The lowest BCUT2D eigenvalue weighted by Gasteiger charge is -2.34. The molecule has 0 aromatic carbocycles. The molecule has 3 rings (SSSR count). The van der Waals surface area contributed by atoms with E-state index >= 15 is 0 Å². The van der Waals surface area contributed by atoms with Crippen molar-refractivity contribution in [2.24, 2.45) is 4.99 Å². The maximum atomic E-state index is 4.72. The zero-order valence-electron chi connectivity index (χ0n) is 17.2. The van der Waals surface area contributed by atoms with Crippen LogP contribution in [0.2, 0.25) is 0 Å². The van der Waals surface area contributed by atoms with Gasteiger partial charge in [0.25, 0.3) is 0 Å². The highest BCUT2D eigenvalue weighted by Crippen LogP contribution is 2.09. The highest BCUT2D eigenvalue weighted by atomic mass is 127. The van der Waals surface area contributed by atoms with Crippen LogP contribution >= 0.6 is 35.3 Å². The minimum Gasteiger partial charge on any atom is -0.357 e. The molecule has 0 bridgehead atoms. The van der Waals surface area contributed by atoms with Crippen LogP contribution in [0.15, 0.2) is 28.8 Å². The third-order valence-electron chi connectivity index (χ3n) is 4.58. The number of rotatable bonds is 8. The van der Waals surface area contributed by atoms with E-state index in [1.807, 2.05) is 13.0 Å². The fraction of sp³-hybridized carbons (Fsp3) is 0.579. The van der Waals surface area contributed by atoms with Gasteiger partial charge in [0, 0.05) is 70.0 Å². The quantitative estimate of drug-likeness (QED) is 0.306. The SMILES string of the molecule is CCNC(=NCCN1CCN(c2ncccn2)CC1)NCCc1csc(C)n1.I. The second-order valence-electron chi connectivity index (χ2n) is 6.67. The molecule has 1 fully saturated rings. The molecule has 0 atom stereocenters. The van der Waals surface area contributed by atoms with Gasteiger partial charge in [0.05, 0.1) is 17.2 Å². The number of aryl methyl sites for hydroxylation is 1. The molecule has 0 amide bonds. The monoisotopic (exact) mass is 530 g/mol. The zero-order chi connectivity index (χ0) is 19.6. The Bertz CT molecular complexity index is 731. The van der Waals surface area contributed by atoms with Crippen LogP contribution < -0.4 is 15.5 Å². The molecule has 1 aliphatic rings. The number of guanidine groups is 1. The van der Waals surface area contributed by atoms with Crippen molar-refractivity contribution in [1.82, 2.24) is 30.5 Å². The number of anilines is 1. The number of nitrogens with one attached hydrogen (secondary N) is 2. The van der Waals surface area contributed by atoms with Crippen LogP contribution in [0.4, 0.5) is 5.95 Å². The van der Waals surface area contributed by atoms with Crippen molar-refractivity contribution in [3.8, 4) is 0 Å². The molecule has 0 spiro atoms. The van der Waals surface area contributed by atoms with Crippen molar-refractivity contribution < 1.29 is 0 Å². The highest BCUT2D eigenvalue weighted by Gasteiger charge is 2.18. The first kappa shape index (κ1) is 23.7. The Labute approximate surface area is 194 Å². The number of piperazine rings is 1. The van der Waals surface area contributed by atoms with Crippen molar-refractivity contribution in [2.75, 3.05) is 57.3 Å². The van der Waals surface area contributed by atoms with Crippen LogP contribution in [0.5, 0.6) is 0 Å². The molecule has 160 valence electrons. The summed E-state index contributed by atoms with van der Waals surface area (Å²) in [6, 6.07) is 1.85. The van der Waals surface area contributed by atoms with Crippen LogP contribution in [-0.2, 0) is 6.42 Å². The Kier molecular flexibility index (Phi) is 10.6. The molecule has 2 aromatic rings. The normalized spacial score (nSPS) is 15.1. The highest BCUT2D eigenvalue weighted by molar-refractivity contribution is 14.0. The Balaban J connectivity index is 0.00000300. The van der Waals surface area contributed by atoms with E-state index in [0.29, 0.717) is 0 Å². The predicted molar refractivity (Wildman–Crippen MR) is 131 cm³/mol. The summed E-state index contributed by atoms with van der Waals surface area (Å²) >= 11 is 1.70. The third kappa shape index (κ3) is 8.01. The summed E-state index contributed by atoms with van der Waals surface area (Å²) in [5.41, 5.74) is 1.14. The maximum absolute atomic E-state index is 4.72. The molecule has 0 aliphatic carbocycles. The molecule has 0 saturated carbocycles. The lowest BCUT2D eigenvalue weighted by Crippen LogP contribution is -2.47. The van der Waals surface area contributed by atoms with Crippen LogP contribution in [0.25, 0.3) is 0 Å². The fourth-order valence-corrected chi connectivity index (χ4v) is 3.75. The van der Waals surface area contributed by atoms with Gasteiger partial charge in [-0.25, -0.2) is 15.0 Å². The van der Waals surface area contributed by atoms with Gasteiger partial charge in [0.2, 0.25) is 5.95 Å². The van der Waals surface area contributed by atoms with E-state index in [2.05, 4.69) is 47.7 Å². The van der Waals surface area contributed by atoms with Crippen LogP contribution in [0.1, 0.15) is 17.6 Å². The molecule has 0 unspecified atom stereocenters. The molecular weight excluding hydrogens is 499 g/mol. The van der Waals surface area contributed by atoms with Gasteiger partial charge in [-0.15, -0.1) is 35.3 Å². The molecule has 1 aliphatic heterocycles. The van der Waals surface area contributed by atoms with Crippen LogP contribution in [0, 0.1) is 6.92 Å². The standard InChI is InChI=1S/C19H30N8S.HI/c1-3-20-18(21-8-5-17-15-28-16(2)25-17)22-9-10-26-11-13-27(14-12-26)19-23-6-4-7-24-19;/h4,6-7,15H,3,5,8-14H2,1-2H3,(H2,20,21,22);1H. The van der Waals surface area contributed by atoms with E-state index in [1.165, 1.54) is 0 Å². The van der Waals surface area contributed by atoms with Gasteiger partial charge >= 0.3 is 0 Å². The summed E-state index contributed by atoms with van der Waals surface area (Å²) in [6.07, 6.45) is 4.51. The molecule has 3 heterocycles. The Morgan fingerprint density at radius 1 is 1.17 bits per heavy atom. The lowest BCUT2D eigenvalue weighted by molar-refractivity contribution is 0.263. The molecule has 10 heteroatoms. The molecular formula is C19H31IN8S. The van der Waals surface area contributed by atoms with Crippen molar-refractivity contribution in [2.45, 2.75) is 20.3 Å². The number of hydrogen-bond donors (Lipinski definition) is 2. The van der Waals surface area contributed by atoms with E-state index in [-0.39, 0.29) is 24.0 Å². The molecule has 0 radical (unpaired) electrons. The van der Waals surface area contributed by atoms with Gasteiger partial charge in [-0.2, -0.15) is 0 Å². The smallest absolute Gasteiger partial charge is 0.225 e. The van der Waals surface area contributed by atoms with E-state index in [0.717, 1.165) is 81.4 Å². The second kappa shape index (κ2) is 12.9. The Hall–Kier alpha value is -1.53. The van der Waals surface area contributed by atoms with Crippen molar-refractivity contribution in [1.29, 1.82) is 0 Å². The minimum atomic E-state index is 0. The van der Waals surface area contributed by atoms with E-state index in [1.54, 1.807) is 23.7 Å².